The molecule has 0 fully saturated rings. The standard InChI is InChI=1S/C11H10N6O/c1-13-11(18)17-16-10-7-4-2-3-5-8(7)14-9(6-12)15-10/h2-5H,1H3,(H2,13,17,18)(H,14,15,16). The fraction of sp³-hybridized carbons (Fsp3) is 0.0909. The number of hydrogen-bond donors (Lipinski definition) is 3. The molecule has 0 aliphatic rings. The van der Waals surface area contributed by atoms with Gasteiger partial charge in [-0.25, -0.2) is 9.78 Å². The van der Waals surface area contributed by atoms with E-state index in [0.717, 1.165) is 0 Å². The number of fused-ring (bicyclic) bond motifs is 1. The molecule has 0 atom stereocenters. The largest absolute Gasteiger partial charge is 0.340 e. The van der Waals surface area contributed by atoms with Gasteiger partial charge in [0, 0.05) is 12.4 Å². The van der Waals surface area contributed by atoms with E-state index in [-0.39, 0.29) is 5.82 Å². The molecule has 0 saturated carbocycles. The van der Waals surface area contributed by atoms with Crippen molar-refractivity contribution in [1.82, 2.24) is 20.7 Å². The van der Waals surface area contributed by atoms with Gasteiger partial charge in [0.15, 0.2) is 5.82 Å². The number of nitrogens with zero attached hydrogens (tertiary/aromatic N) is 3. The van der Waals surface area contributed by atoms with E-state index in [0.29, 0.717) is 16.7 Å². The molecule has 0 unspecified atom stereocenters. The van der Waals surface area contributed by atoms with E-state index >= 15 is 0 Å². The van der Waals surface area contributed by atoms with Crippen LogP contribution in [0.2, 0.25) is 0 Å². The number of hydrazine groups is 1. The maximum absolute atomic E-state index is 11.1. The van der Waals surface area contributed by atoms with Gasteiger partial charge in [-0.15, -0.1) is 0 Å². The molecule has 2 aromatic rings. The molecule has 18 heavy (non-hydrogen) atoms. The minimum absolute atomic E-state index is 0.0370. The molecule has 0 saturated heterocycles. The van der Waals surface area contributed by atoms with E-state index in [4.69, 9.17) is 5.26 Å². The van der Waals surface area contributed by atoms with Gasteiger partial charge in [0.05, 0.1) is 5.52 Å². The molecule has 0 spiro atoms. The fourth-order valence-electron chi connectivity index (χ4n) is 1.40. The SMILES string of the molecule is CNC(=O)NNc1nc(C#N)nc2ccccc12. The van der Waals surface area contributed by atoms with Gasteiger partial charge in [0.25, 0.3) is 0 Å². The average molecular weight is 242 g/mol. The number of anilines is 1. The van der Waals surface area contributed by atoms with Crippen molar-refractivity contribution in [2.75, 3.05) is 12.5 Å². The molecular formula is C11H10N6O. The monoisotopic (exact) mass is 242 g/mol. The maximum atomic E-state index is 11.1. The molecule has 1 aromatic carbocycles. The molecule has 0 radical (unpaired) electrons. The Balaban J connectivity index is 2.41. The van der Waals surface area contributed by atoms with Gasteiger partial charge in [0.2, 0.25) is 5.82 Å². The Labute approximate surface area is 103 Å². The topological polar surface area (TPSA) is 103 Å². The van der Waals surface area contributed by atoms with Crippen LogP contribution in [0.25, 0.3) is 10.9 Å². The third kappa shape index (κ3) is 2.27. The van der Waals surface area contributed by atoms with Crippen LogP contribution >= 0.6 is 0 Å². The zero-order valence-electron chi connectivity index (χ0n) is 9.56. The zero-order valence-corrected chi connectivity index (χ0v) is 9.56. The summed E-state index contributed by atoms with van der Waals surface area (Å²) in [7, 11) is 1.50. The summed E-state index contributed by atoms with van der Waals surface area (Å²) in [6, 6.07) is 8.66. The highest BCUT2D eigenvalue weighted by atomic mass is 16.2. The molecule has 1 aromatic heterocycles. The third-order valence-corrected chi connectivity index (χ3v) is 2.22. The number of carbonyl (C=O) groups excluding carboxylic acids is 1. The smallest absolute Gasteiger partial charge is 0.333 e. The number of rotatable bonds is 2. The summed E-state index contributed by atoms with van der Waals surface area (Å²) in [6.07, 6.45) is 0. The van der Waals surface area contributed by atoms with Crippen LogP contribution in [0.15, 0.2) is 24.3 Å². The first-order valence-corrected chi connectivity index (χ1v) is 5.15. The summed E-state index contributed by atoms with van der Waals surface area (Å²) in [5, 5.41) is 11.9. The van der Waals surface area contributed by atoms with Gasteiger partial charge in [0.1, 0.15) is 6.07 Å². The molecular weight excluding hydrogens is 232 g/mol. The number of urea groups is 1. The second-order valence-electron chi connectivity index (χ2n) is 3.35. The number of nitriles is 1. The lowest BCUT2D eigenvalue weighted by Gasteiger charge is -2.09. The summed E-state index contributed by atoms with van der Waals surface area (Å²) in [4.78, 5) is 19.1. The van der Waals surface area contributed by atoms with E-state index < -0.39 is 6.03 Å². The molecule has 1 heterocycles. The third-order valence-electron chi connectivity index (χ3n) is 2.22. The Bertz CT molecular complexity index is 633. The quantitative estimate of drug-likeness (QED) is 0.674. The Morgan fingerprint density at radius 2 is 2.11 bits per heavy atom. The van der Waals surface area contributed by atoms with Crippen LogP contribution in [0.3, 0.4) is 0 Å². The van der Waals surface area contributed by atoms with E-state index in [9.17, 15) is 4.79 Å². The van der Waals surface area contributed by atoms with Crippen LogP contribution in [0.5, 0.6) is 0 Å². The van der Waals surface area contributed by atoms with Crippen molar-refractivity contribution in [2.45, 2.75) is 0 Å². The van der Waals surface area contributed by atoms with Crippen molar-refractivity contribution in [3.63, 3.8) is 0 Å². The highest BCUT2D eigenvalue weighted by Crippen LogP contribution is 2.18. The predicted octanol–water partition coefficient (Wildman–Crippen LogP) is 0.757. The lowest BCUT2D eigenvalue weighted by molar-refractivity contribution is 0.244. The summed E-state index contributed by atoms with van der Waals surface area (Å²) in [5.74, 6) is 0.413. The van der Waals surface area contributed by atoms with E-state index in [2.05, 4.69) is 26.1 Å². The molecule has 7 nitrogen and oxygen atoms in total. The first-order valence-electron chi connectivity index (χ1n) is 5.15. The molecule has 0 aliphatic heterocycles. The van der Waals surface area contributed by atoms with Crippen LogP contribution in [-0.4, -0.2) is 23.0 Å². The molecule has 2 rings (SSSR count). The minimum Gasteiger partial charge on any atom is -0.340 e. The maximum Gasteiger partial charge on any atom is 0.333 e. The highest BCUT2D eigenvalue weighted by molar-refractivity contribution is 5.90. The predicted molar refractivity (Wildman–Crippen MR) is 65.5 cm³/mol. The van der Waals surface area contributed by atoms with E-state index in [1.807, 2.05) is 18.2 Å². The minimum atomic E-state index is -0.406. The van der Waals surface area contributed by atoms with Crippen molar-refractivity contribution >= 4 is 22.8 Å². The Hall–Kier alpha value is -2.88. The van der Waals surface area contributed by atoms with Gasteiger partial charge in [-0.1, -0.05) is 12.1 Å². The van der Waals surface area contributed by atoms with Crippen molar-refractivity contribution in [1.29, 1.82) is 5.26 Å². The summed E-state index contributed by atoms with van der Waals surface area (Å²) in [5.41, 5.74) is 5.67. The summed E-state index contributed by atoms with van der Waals surface area (Å²) < 4.78 is 0. The number of amides is 2. The van der Waals surface area contributed by atoms with Crippen LogP contribution in [0.4, 0.5) is 10.6 Å². The van der Waals surface area contributed by atoms with Crippen LogP contribution in [0, 0.1) is 11.3 Å². The van der Waals surface area contributed by atoms with Gasteiger partial charge in [-0.3, -0.25) is 10.9 Å². The number of hydrogen-bond acceptors (Lipinski definition) is 5. The van der Waals surface area contributed by atoms with Crippen molar-refractivity contribution < 1.29 is 4.79 Å². The van der Waals surface area contributed by atoms with Crippen LogP contribution < -0.4 is 16.2 Å². The highest BCUT2D eigenvalue weighted by Gasteiger charge is 2.07. The Morgan fingerprint density at radius 3 is 2.83 bits per heavy atom. The molecule has 3 N–H and O–H groups in total. The van der Waals surface area contributed by atoms with Crippen LogP contribution in [-0.2, 0) is 0 Å². The first-order chi connectivity index (χ1) is 8.74. The van der Waals surface area contributed by atoms with E-state index in [1.54, 1.807) is 12.1 Å². The lowest BCUT2D eigenvalue weighted by atomic mass is 10.2. The second kappa shape index (κ2) is 4.97. The Morgan fingerprint density at radius 1 is 1.33 bits per heavy atom. The second-order valence-corrected chi connectivity index (χ2v) is 3.35. The van der Waals surface area contributed by atoms with Crippen LogP contribution in [0.1, 0.15) is 5.82 Å². The molecule has 2 amide bonds. The molecule has 0 bridgehead atoms. The number of nitrogens with one attached hydrogen (secondary N) is 3. The van der Waals surface area contributed by atoms with Gasteiger partial charge < -0.3 is 5.32 Å². The van der Waals surface area contributed by atoms with Gasteiger partial charge in [-0.2, -0.15) is 10.2 Å². The summed E-state index contributed by atoms with van der Waals surface area (Å²) >= 11 is 0. The lowest BCUT2D eigenvalue weighted by Crippen LogP contribution is -2.37. The van der Waals surface area contributed by atoms with E-state index in [1.165, 1.54) is 7.05 Å². The fourth-order valence-corrected chi connectivity index (χ4v) is 1.40. The zero-order chi connectivity index (χ0) is 13.0. The van der Waals surface area contributed by atoms with Crippen molar-refractivity contribution in [3.05, 3.63) is 30.1 Å². The average Bonchev–Trinajstić information content (AvgIpc) is 2.43. The van der Waals surface area contributed by atoms with Crippen molar-refractivity contribution in [3.8, 4) is 6.07 Å². The van der Waals surface area contributed by atoms with Gasteiger partial charge in [-0.05, 0) is 12.1 Å². The normalized spacial score (nSPS) is 9.56. The number of benzene rings is 1. The number of carbonyl (C=O) groups is 1. The Kier molecular flexibility index (Phi) is 3.20. The van der Waals surface area contributed by atoms with Gasteiger partial charge >= 0.3 is 6.03 Å². The number of para-hydroxylation sites is 1. The number of aromatic nitrogens is 2. The molecule has 90 valence electrons. The van der Waals surface area contributed by atoms with Crippen molar-refractivity contribution in [2.24, 2.45) is 0 Å². The molecule has 0 aliphatic carbocycles. The summed E-state index contributed by atoms with van der Waals surface area (Å²) in [6.45, 7) is 0. The molecule has 7 heteroatoms. The first kappa shape index (κ1) is 11.6.